The Labute approximate surface area is 289 Å². The van der Waals surface area contributed by atoms with Crippen molar-refractivity contribution in [2.45, 2.75) is 26.5 Å². The predicted molar refractivity (Wildman–Crippen MR) is 185 cm³/mol. The van der Waals surface area contributed by atoms with Gasteiger partial charge in [-0.3, -0.25) is 9.36 Å². The van der Waals surface area contributed by atoms with Crippen LogP contribution < -0.4 is 29.1 Å². The first kappa shape index (κ1) is 33.4. The van der Waals surface area contributed by atoms with E-state index in [-0.39, 0.29) is 29.9 Å². The number of carbonyl (C=O) groups excluding carboxylic acids is 1. The average Bonchev–Trinajstić information content (AvgIpc) is 3.33. The van der Waals surface area contributed by atoms with E-state index in [1.807, 2.05) is 18.2 Å². The number of esters is 1. The topological polar surface area (TPSA) is 126 Å². The van der Waals surface area contributed by atoms with Crippen molar-refractivity contribution in [2.24, 2.45) is 4.99 Å². The fourth-order valence-electron chi connectivity index (χ4n) is 5.07. The summed E-state index contributed by atoms with van der Waals surface area (Å²) >= 11 is 6.85. The molecule has 1 aromatic heterocycles. The number of halogens is 2. The molecule has 13 heteroatoms. The van der Waals surface area contributed by atoms with Gasteiger partial charge in [0.1, 0.15) is 18.4 Å². The molecular formula is C33H28BrIN2O8S. The number of nitrogens with zero attached hydrogens (tertiary/aromatic N) is 2. The van der Waals surface area contributed by atoms with Crippen LogP contribution in [0.2, 0.25) is 0 Å². The third-order valence-electron chi connectivity index (χ3n) is 7.11. The van der Waals surface area contributed by atoms with Crippen molar-refractivity contribution in [3.8, 4) is 17.2 Å². The Bertz CT molecular complexity index is 2070. The van der Waals surface area contributed by atoms with Gasteiger partial charge >= 0.3 is 11.9 Å². The summed E-state index contributed by atoms with van der Waals surface area (Å²) in [5.74, 6) is -0.145. The minimum atomic E-state index is -1.02. The Morgan fingerprint density at radius 3 is 2.57 bits per heavy atom. The van der Waals surface area contributed by atoms with Gasteiger partial charge in [0, 0.05) is 10.0 Å². The molecule has 4 aromatic rings. The van der Waals surface area contributed by atoms with Gasteiger partial charge < -0.3 is 24.1 Å². The summed E-state index contributed by atoms with van der Waals surface area (Å²) in [7, 11) is 3.05. The van der Waals surface area contributed by atoms with E-state index in [4.69, 9.17) is 18.9 Å². The molecular weight excluding hydrogens is 791 g/mol. The fraction of sp³-hybridized carbons (Fsp3) is 0.212. The fourth-order valence-corrected chi connectivity index (χ4v) is 7.28. The maximum atomic E-state index is 14.1. The van der Waals surface area contributed by atoms with Crippen LogP contribution in [0.5, 0.6) is 17.2 Å². The van der Waals surface area contributed by atoms with Crippen LogP contribution in [0.15, 0.2) is 80.1 Å². The number of ether oxygens (including phenoxy) is 4. The summed E-state index contributed by atoms with van der Waals surface area (Å²) in [6.07, 6.45) is 1.74. The van der Waals surface area contributed by atoms with Crippen LogP contribution in [0.25, 0.3) is 6.08 Å². The first-order chi connectivity index (χ1) is 22.1. The number of carboxylic acid groups (broad SMARTS) is 1. The monoisotopic (exact) mass is 818 g/mol. The van der Waals surface area contributed by atoms with Gasteiger partial charge in [-0.25, -0.2) is 14.6 Å². The summed E-state index contributed by atoms with van der Waals surface area (Å²) < 4.78 is 26.1. The van der Waals surface area contributed by atoms with Gasteiger partial charge in [0.2, 0.25) is 0 Å². The lowest BCUT2D eigenvalue weighted by atomic mass is 9.95. The molecule has 46 heavy (non-hydrogen) atoms. The zero-order valence-corrected chi connectivity index (χ0v) is 29.7. The first-order valence-corrected chi connectivity index (χ1v) is 16.6. The van der Waals surface area contributed by atoms with Crippen molar-refractivity contribution in [3.63, 3.8) is 0 Å². The molecule has 0 unspecified atom stereocenters. The standard InChI is InChI=1S/C33H28BrIN2O8S/c1-5-44-32(41)27-17(2)36-33-37(28(27)22-15-21(34)9-10-24(22)42-3)30(38)26(46-33)14-19-12-23(35)29(25(13-19)43-4)45-16-18-7-6-8-20(11-18)31(39)40/h6-15,28H,5,16H2,1-4H3,(H,39,40)/b26-14+/t28-/m1/s1. The lowest BCUT2D eigenvalue weighted by molar-refractivity contribution is -0.139. The summed E-state index contributed by atoms with van der Waals surface area (Å²) in [5, 5.41) is 9.30. The smallest absolute Gasteiger partial charge is 0.338 e. The predicted octanol–water partition coefficient (Wildman–Crippen LogP) is 5.46. The zero-order valence-electron chi connectivity index (χ0n) is 25.1. The van der Waals surface area contributed by atoms with Gasteiger partial charge in [0.15, 0.2) is 16.3 Å². The van der Waals surface area contributed by atoms with Crippen molar-refractivity contribution in [1.82, 2.24) is 4.57 Å². The Kier molecular flexibility index (Phi) is 10.3. The molecule has 0 amide bonds. The molecule has 1 N–H and O–H groups in total. The number of thiazole rings is 1. The van der Waals surface area contributed by atoms with Gasteiger partial charge in [-0.1, -0.05) is 39.4 Å². The summed E-state index contributed by atoms with van der Waals surface area (Å²) in [6, 6.07) is 14.7. The Balaban J connectivity index is 1.59. The highest BCUT2D eigenvalue weighted by molar-refractivity contribution is 14.1. The molecule has 1 aliphatic rings. The van der Waals surface area contributed by atoms with E-state index in [2.05, 4.69) is 43.5 Å². The number of carbonyl (C=O) groups is 2. The van der Waals surface area contributed by atoms with Crippen LogP contribution in [0.1, 0.15) is 46.9 Å². The van der Waals surface area contributed by atoms with Crippen LogP contribution in [-0.4, -0.2) is 42.4 Å². The molecule has 0 spiro atoms. The van der Waals surface area contributed by atoms with Crippen molar-refractivity contribution in [2.75, 3.05) is 20.8 Å². The molecule has 3 aromatic carbocycles. The number of benzene rings is 3. The normalized spacial score (nSPS) is 14.4. The third kappa shape index (κ3) is 6.76. The molecule has 0 aliphatic carbocycles. The minimum Gasteiger partial charge on any atom is -0.496 e. The summed E-state index contributed by atoms with van der Waals surface area (Å²) in [5.41, 5.74) is 2.52. The lowest BCUT2D eigenvalue weighted by Crippen LogP contribution is -2.40. The number of aromatic carboxylic acids is 1. The van der Waals surface area contributed by atoms with Gasteiger partial charge in [0.05, 0.1) is 45.8 Å². The van der Waals surface area contributed by atoms with Crippen molar-refractivity contribution in [3.05, 3.63) is 116 Å². The van der Waals surface area contributed by atoms with Gasteiger partial charge in [0.25, 0.3) is 5.56 Å². The zero-order chi connectivity index (χ0) is 33.1. The quantitative estimate of drug-likeness (QED) is 0.165. The van der Waals surface area contributed by atoms with Crippen LogP contribution in [0.4, 0.5) is 0 Å². The molecule has 5 rings (SSSR count). The maximum Gasteiger partial charge on any atom is 0.338 e. The molecule has 238 valence electrons. The second kappa shape index (κ2) is 14.2. The van der Waals surface area contributed by atoms with E-state index >= 15 is 0 Å². The number of rotatable bonds is 10. The molecule has 2 heterocycles. The maximum absolute atomic E-state index is 14.1. The summed E-state index contributed by atoms with van der Waals surface area (Å²) in [6.45, 7) is 3.75. The lowest BCUT2D eigenvalue weighted by Gasteiger charge is -2.26. The molecule has 0 fully saturated rings. The molecule has 0 saturated carbocycles. The molecule has 1 aliphatic heterocycles. The molecule has 10 nitrogen and oxygen atoms in total. The Hall–Kier alpha value is -3.95. The van der Waals surface area contributed by atoms with E-state index in [1.165, 1.54) is 36.2 Å². The average molecular weight is 819 g/mol. The number of fused-ring (bicyclic) bond motifs is 1. The number of methoxy groups -OCH3 is 2. The van der Waals surface area contributed by atoms with Gasteiger partial charge in [-0.05, 0) is 96.1 Å². The molecule has 1 atom stereocenters. The molecule has 0 bridgehead atoms. The second-order valence-corrected chi connectivity index (χ2v) is 13.1. The van der Waals surface area contributed by atoms with Crippen molar-refractivity contribution >= 4 is 67.9 Å². The number of allylic oxidation sites excluding steroid dienone is 1. The van der Waals surface area contributed by atoms with Gasteiger partial charge in [-0.2, -0.15) is 0 Å². The van der Waals surface area contributed by atoms with E-state index in [1.54, 1.807) is 50.3 Å². The van der Waals surface area contributed by atoms with Crippen LogP contribution in [0, 0.1) is 3.57 Å². The van der Waals surface area contributed by atoms with E-state index in [0.717, 1.165) is 8.04 Å². The highest BCUT2D eigenvalue weighted by Crippen LogP contribution is 2.38. The van der Waals surface area contributed by atoms with Crippen LogP contribution >= 0.6 is 49.9 Å². The highest BCUT2D eigenvalue weighted by atomic mass is 127. The largest absolute Gasteiger partial charge is 0.496 e. The van der Waals surface area contributed by atoms with E-state index in [0.29, 0.717) is 49.0 Å². The first-order valence-electron chi connectivity index (χ1n) is 13.9. The summed E-state index contributed by atoms with van der Waals surface area (Å²) in [4.78, 5) is 43.8. The van der Waals surface area contributed by atoms with Gasteiger partial charge in [-0.15, -0.1) is 0 Å². The number of aromatic nitrogens is 1. The Morgan fingerprint density at radius 2 is 1.87 bits per heavy atom. The minimum absolute atomic E-state index is 0.132. The third-order valence-corrected chi connectivity index (χ3v) is 9.39. The SMILES string of the molecule is CCOC(=O)C1=C(C)N=c2s/c(=C/c3cc(I)c(OCc4cccc(C(=O)O)c4)c(OC)c3)c(=O)n2[C@@H]1c1cc(Br)ccc1OC. The number of hydrogen-bond donors (Lipinski definition) is 1. The number of carboxylic acids is 1. The Morgan fingerprint density at radius 1 is 1.11 bits per heavy atom. The van der Waals surface area contributed by atoms with E-state index < -0.39 is 18.0 Å². The van der Waals surface area contributed by atoms with Crippen molar-refractivity contribution in [1.29, 1.82) is 0 Å². The second-order valence-electron chi connectivity index (χ2n) is 10.0. The highest BCUT2D eigenvalue weighted by Gasteiger charge is 2.35. The van der Waals surface area contributed by atoms with Crippen LogP contribution in [-0.2, 0) is 16.1 Å². The molecule has 0 radical (unpaired) electrons. The number of hydrogen-bond acceptors (Lipinski definition) is 9. The van der Waals surface area contributed by atoms with Crippen molar-refractivity contribution < 1.29 is 33.6 Å². The molecule has 0 saturated heterocycles. The van der Waals surface area contributed by atoms with Crippen LogP contribution in [0.3, 0.4) is 0 Å². The van der Waals surface area contributed by atoms with E-state index in [9.17, 15) is 19.5 Å².